The van der Waals surface area contributed by atoms with Crippen LogP contribution in [0.4, 0.5) is 11.4 Å². The number of hydrogen-bond donors (Lipinski definition) is 2. The first-order chi connectivity index (χ1) is 12.6. The number of hydrogen-bond acceptors (Lipinski definition) is 4. The third-order valence-electron chi connectivity index (χ3n) is 5.41. The maximum atomic E-state index is 13.2. The Kier molecular flexibility index (Phi) is 5.53. The third kappa shape index (κ3) is 3.44. The van der Waals surface area contributed by atoms with Crippen LogP contribution in [0.25, 0.3) is 0 Å². The second-order valence-electron chi connectivity index (χ2n) is 6.95. The molecule has 2 amide bonds. The minimum Gasteiger partial charge on any atom is -0.324 e. The molecule has 0 saturated carbocycles. The Labute approximate surface area is 164 Å². The number of carbonyl (C=O) groups excluding carboxylic acids is 2. The number of benzene rings is 1. The number of anilines is 2. The molecule has 1 aromatic heterocycles. The van der Waals surface area contributed by atoms with E-state index in [1.54, 1.807) is 22.7 Å². The number of rotatable bonds is 3. The molecule has 0 spiro atoms. The summed E-state index contributed by atoms with van der Waals surface area (Å²) in [5.41, 5.74) is 2.14. The number of fused-ring (bicyclic) bond motifs is 1. The minimum absolute atomic E-state index is 0. The van der Waals surface area contributed by atoms with E-state index in [1.807, 2.05) is 30.5 Å². The second-order valence-corrected chi connectivity index (χ2v) is 6.95. The van der Waals surface area contributed by atoms with Gasteiger partial charge in [0.05, 0.1) is 0 Å². The van der Waals surface area contributed by atoms with Gasteiger partial charge in [-0.15, -0.1) is 12.4 Å². The molecular formula is C19H24ClN5O2. The number of piperidine rings is 1. The highest BCUT2D eigenvalue weighted by molar-refractivity contribution is 5.98. The predicted octanol–water partition coefficient (Wildman–Crippen LogP) is 1.93. The molecule has 0 aliphatic carbocycles. The molecule has 0 bridgehead atoms. The SMILES string of the molecule is CC(=O)N1CCc2cc(NC(=O)C3(n4cccn4)CCNCC3)ccc21.Cl. The summed E-state index contributed by atoms with van der Waals surface area (Å²) in [5.74, 6) is 0.0111. The summed E-state index contributed by atoms with van der Waals surface area (Å²) in [5, 5.41) is 10.7. The molecule has 0 radical (unpaired) electrons. The van der Waals surface area contributed by atoms with Gasteiger partial charge in [0.2, 0.25) is 5.91 Å². The van der Waals surface area contributed by atoms with E-state index in [1.165, 1.54) is 0 Å². The molecule has 4 rings (SSSR count). The fraction of sp³-hybridized carbons (Fsp3) is 0.421. The van der Waals surface area contributed by atoms with Gasteiger partial charge in [-0.05, 0) is 62.2 Å². The summed E-state index contributed by atoms with van der Waals surface area (Å²) in [7, 11) is 0. The summed E-state index contributed by atoms with van der Waals surface area (Å²) in [6.07, 6.45) is 5.78. The van der Waals surface area contributed by atoms with Gasteiger partial charge in [0, 0.05) is 37.2 Å². The summed E-state index contributed by atoms with van der Waals surface area (Å²) in [6, 6.07) is 7.62. The fourth-order valence-electron chi connectivity index (χ4n) is 3.98. The van der Waals surface area contributed by atoms with Gasteiger partial charge in [-0.25, -0.2) is 0 Å². The lowest BCUT2D eigenvalue weighted by molar-refractivity contribution is -0.126. The molecule has 0 atom stereocenters. The maximum absolute atomic E-state index is 13.2. The topological polar surface area (TPSA) is 79.3 Å². The molecular weight excluding hydrogens is 366 g/mol. The van der Waals surface area contributed by atoms with Crippen LogP contribution in [0.1, 0.15) is 25.3 Å². The molecule has 2 aliphatic rings. The molecule has 2 aromatic rings. The molecule has 2 aliphatic heterocycles. The average molecular weight is 390 g/mol. The van der Waals surface area contributed by atoms with E-state index < -0.39 is 5.54 Å². The lowest BCUT2D eigenvalue weighted by atomic mass is 9.87. The summed E-state index contributed by atoms with van der Waals surface area (Å²) >= 11 is 0. The molecule has 2 N–H and O–H groups in total. The summed E-state index contributed by atoms with van der Waals surface area (Å²) < 4.78 is 1.79. The Morgan fingerprint density at radius 3 is 2.70 bits per heavy atom. The van der Waals surface area contributed by atoms with Crippen LogP contribution in [-0.2, 0) is 21.5 Å². The van der Waals surface area contributed by atoms with Crippen LogP contribution in [0.5, 0.6) is 0 Å². The van der Waals surface area contributed by atoms with Crippen molar-refractivity contribution in [2.75, 3.05) is 29.9 Å². The molecule has 0 unspecified atom stereocenters. The lowest BCUT2D eigenvalue weighted by Gasteiger charge is -2.36. The smallest absolute Gasteiger partial charge is 0.252 e. The van der Waals surface area contributed by atoms with E-state index in [0.717, 1.165) is 36.4 Å². The first-order valence-corrected chi connectivity index (χ1v) is 9.03. The zero-order chi connectivity index (χ0) is 18.1. The highest BCUT2D eigenvalue weighted by Gasteiger charge is 2.42. The van der Waals surface area contributed by atoms with Gasteiger partial charge in [-0.1, -0.05) is 0 Å². The molecule has 144 valence electrons. The van der Waals surface area contributed by atoms with Crippen molar-refractivity contribution < 1.29 is 9.59 Å². The van der Waals surface area contributed by atoms with Crippen molar-refractivity contribution in [1.82, 2.24) is 15.1 Å². The fourth-order valence-corrected chi connectivity index (χ4v) is 3.98. The van der Waals surface area contributed by atoms with Crippen LogP contribution < -0.4 is 15.5 Å². The van der Waals surface area contributed by atoms with Crippen LogP contribution in [-0.4, -0.2) is 41.2 Å². The zero-order valence-corrected chi connectivity index (χ0v) is 16.1. The van der Waals surface area contributed by atoms with Crippen molar-refractivity contribution in [3.8, 4) is 0 Å². The highest BCUT2D eigenvalue weighted by atomic mass is 35.5. The van der Waals surface area contributed by atoms with Crippen molar-refractivity contribution in [2.24, 2.45) is 0 Å². The van der Waals surface area contributed by atoms with E-state index in [0.29, 0.717) is 19.4 Å². The van der Waals surface area contributed by atoms with Crippen molar-refractivity contribution in [1.29, 1.82) is 0 Å². The van der Waals surface area contributed by atoms with E-state index >= 15 is 0 Å². The zero-order valence-electron chi connectivity index (χ0n) is 15.3. The molecule has 27 heavy (non-hydrogen) atoms. The van der Waals surface area contributed by atoms with Gasteiger partial charge in [-0.3, -0.25) is 14.3 Å². The molecule has 1 aromatic carbocycles. The minimum atomic E-state index is -0.667. The van der Waals surface area contributed by atoms with Crippen molar-refractivity contribution >= 4 is 35.6 Å². The normalized spacial score (nSPS) is 17.7. The predicted molar refractivity (Wildman–Crippen MR) is 106 cm³/mol. The Morgan fingerprint density at radius 1 is 1.26 bits per heavy atom. The van der Waals surface area contributed by atoms with Gasteiger partial charge in [0.15, 0.2) is 0 Å². The van der Waals surface area contributed by atoms with Gasteiger partial charge in [-0.2, -0.15) is 5.10 Å². The first-order valence-electron chi connectivity index (χ1n) is 9.03. The van der Waals surface area contributed by atoms with E-state index in [2.05, 4.69) is 15.7 Å². The average Bonchev–Trinajstić information content (AvgIpc) is 3.32. The van der Waals surface area contributed by atoms with Crippen LogP contribution in [0.15, 0.2) is 36.7 Å². The van der Waals surface area contributed by atoms with E-state index in [-0.39, 0.29) is 24.2 Å². The Balaban J connectivity index is 0.00000210. The number of amides is 2. The number of nitrogens with one attached hydrogen (secondary N) is 2. The van der Waals surface area contributed by atoms with Gasteiger partial charge < -0.3 is 15.5 Å². The second kappa shape index (κ2) is 7.70. The number of aromatic nitrogens is 2. The van der Waals surface area contributed by atoms with Crippen LogP contribution in [0, 0.1) is 0 Å². The van der Waals surface area contributed by atoms with Crippen molar-refractivity contribution in [2.45, 2.75) is 31.7 Å². The highest BCUT2D eigenvalue weighted by Crippen LogP contribution is 2.32. The standard InChI is InChI=1S/C19H23N5O2.ClH/c1-14(25)23-12-5-15-13-16(3-4-17(15)23)22-18(26)19(6-9-20-10-7-19)24-11-2-8-21-24;/h2-4,8,11,13,20H,5-7,9-10,12H2,1H3,(H,22,26);1H. The van der Waals surface area contributed by atoms with E-state index in [9.17, 15) is 9.59 Å². The maximum Gasteiger partial charge on any atom is 0.252 e. The van der Waals surface area contributed by atoms with E-state index in [4.69, 9.17) is 0 Å². The number of nitrogens with zero attached hydrogens (tertiary/aromatic N) is 3. The van der Waals surface area contributed by atoms with Crippen molar-refractivity contribution in [3.63, 3.8) is 0 Å². The summed E-state index contributed by atoms with van der Waals surface area (Å²) in [6.45, 7) is 3.84. The number of halogens is 1. The monoisotopic (exact) mass is 389 g/mol. The summed E-state index contributed by atoms with van der Waals surface area (Å²) in [4.78, 5) is 26.7. The van der Waals surface area contributed by atoms with Crippen LogP contribution in [0.3, 0.4) is 0 Å². The van der Waals surface area contributed by atoms with Gasteiger partial charge >= 0.3 is 0 Å². The number of carbonyl (C=O) groups is 2. The van der Waals surface area contributed by atoms with Gasteiger partial charge in [0.1, 0.15) is 5.54 Å². The molecule has 7 nitrogen and oxygen atoms in total. The quantitative estimate of drug-likeness (QED) is 0.840. The van der Waals surface area contributed by atoms with Crippen LogP contribution in [0.2, 0.25) is 0 Å². The Bertz CT molecular complexity index is 831. The molecule has 1 fully saturated rings. The van der Waals surface area contributed by atoms with Gasteiger partial charge in [0.25, 0.3) is 5.91 Å². The van der Waals surface area contributed by atoms with Crippen molar-refractivity contribution in [3.05, 3.63) is 42.2 Å². The molecule has 3 heterocycles. The molecule has 1 saturated heterocycles. The lowest BCUT2D eigenvalue weighted by Crippen LogP contribution is -2.52. The largest absolute Gasteiger partial charge is 0.324 e. The Hall–Kier alpha value is -2.38. The Morgan fingerprint density at radius 2 is 2.04 bits per heavy atom. The third-order valence-corrected chi connectivity index (χ3v) is 5.41. The first kappa shape index (κ1) is 19.4. The van der Waals surface area contributed by atoms with Crippen LogP contribution >= 0.6 is 12.4 Å². The molecule has 8 heteroatoms.